The van der Waals surface area contributed by atoms with Crippen molar-refractivity contribution in [1.82, 2.24) is 0 Å². The van der Waals surface area contributed by atoms with Crippen LogP contribution in [0, 0.1) is 10.8 Å². The minimum absolute atomic E-state index is 0.507. The molecule has 6 N–H and O–H groups in total. The molecule has 0 saturated carbocycles. The molecular formula is C26H38O6. The van der Waals surface area contributed by atoms with Crippen LogP contribution in [0.25, 0.3) is 0 Å². The van der Waals surface area contributed by atoms with Crippen LogP contribution in [0.4, 0.5) is 0 Å². The van der Waals surface area contributed by atoms with Crippen molar-refractivity contribution in [3.8, 4) is 0 Å². The summed E-state index contributed by atoms with van der Waals surface area (Å²) in [5, 5.41) is 62.5. The van der Waals surface area contributed by atoms with Gasteiger partial charge in [-0.3, -0.25) is 0 Å². The van der Waals surface area contributed by atoms with Gasteiger partial charge in [0.2, 0.25) is 0 Å². The molecule has 0 aliphatic heterocycles. The number of aliphatic hydroxyl groups excluding tert-OH is 6. The average Bonchev–Trinajstić information content (AvgIpc) is 2.62. The molecule has 0 amide bonds. The van der Waals surface area contributed by atoms with E-state index in [1.165, 1.54) is 12.2 Å². The first-order valence-electron chi connectivity index (χ1n) is 10.9. The summed E-state index contributed by atoms with van der Waals surface area (Å²) < 4.78 is 0. The lowest BCUT2D eigenvalue weighted by molar-refractivity contribution is -0.101. The molecule has 0 radical (unpaired) electrons. The quantitative estimate of drug-likeness (QED) is 0.330. The Labute approximate surface area is 190 Å². The first-order valence-corrected chi connectivity index (χ1v) is 10.9. The van der Waals surface area contributed by atoms with Crippen molar-refractivity contribution in [3.05, 3.63) is 70.3 Å². The van der Waals surface area contributed by atoms with Crippen LogP contribution in [-0.2, 0) is 0 Å². The van der Waals surface area contributed by atoms with Crippen LogP contribution in [0.1, 0.15) is 54.4 Å². The van der Waals surface area contributed by atoms with Crippen molar-refractivity contribution in [2.45, 2.75) is 78.8 Å². The molecule has 32 heavy (non-hydrogen) atoms. The zero-order valence-electron chi connectivity index (χ0n) is 19.9. The first kappa shape index (κ1) is 26.1. The zero-order valence-corrected chi connectivity index (χ0v) is 19.9. The molecule has 2 unspecified atom stereocenters. The number of allylic oxidation sites excluding steroid dienone is 10. The molecule has 0 aromatic heterocycles. The van der Waals surface area contributed by atoms with E-state index in [1.807, 2.05) is 65.8 Å². The standard InChI is InChI=1S/C26H38O6/c1-15-7-16(2)10-25(5,9-15)13-19(27)21(29)23(31)24(32)22(30)20(28)14-26(6)11-17(3)8-18(4)12-26/h7-9,11,13-14,21-24,27-32H,10,12H2,1-6H3/t21-,22+,23-,24-,25?,26?/m1/s1. The van der Waals surface area contributed by atoms with Gasteiger partial charge in [-0.25, -0.2) is 0 Å². The van der Waals surface area contributed by atoms with Gasteiger partial charge in [-0.05, 0) is 52.7 Å². The van der Waals surface area contributed by atoms with Gasteiger partial charge in [0.05, 0.1) is 0 Å². The van der Waals surface area contributed by atoms with E-state index in [0.29, 0.717) is 12.8 Å². The first-order chi connectivity index (χ1) is 14.6. The van der Waals surface area contributed by atoms with E-state index < -0.39 is 46.8 Å². The van der Waals surface area contributed by atoms with E-state index in [9.17, 15) is 30.6 Å². The molecule has 6 atom stereocenters. The Morgan fingerprint density at radius 3 is 1.31 bits per heavy atom. The van der Waals surface area contributed by atoms with Crippen LogP contribution in [0.3, 0.4) is 0 Å². The SMILES string of the molecule is CC1=CC(C)(C=C(O)[C@@H](O)[C@@H](O)[C@H](O)[C@@H](O)C(O)=CC2(C)C=C(C)C=C(C)C2)CC(C)=C1. The van der Waals surface area contributed by atoms with E-state index in [1.54, 1.807) is 0 Å². The second kappa shape index (κ2) is 9.79. The van der Waals surface area contributed by atoms with Crippen LogP contribution in [0.5, 0.6) is 0 Å². The lowest BCUT2D eigenvalue weighted by Crippen LogP contribution is -2.46. The Morgan fingerprint density at radius 1 is 0.719 bits per heavy atom. The van der Waals surface area contributed by atoms with Crippen molar-refractivity contribution in [3.63, 3.8) is 0 Å². The Balaban J connectivity index is 2.15. The second-order valence-corrected chi connectivity index (χ2v) is 10.1. The van der Waals surface area contributed by atoms with Gasteiger partial charge in [0.1, 0.15) is 35.9 Å². The van der Waals surface area contributed by atoms with E-state index in [2.05, 4.69) is 0 Å². The Bertz CT molecular complexity index is 831. The Morgan fingerprint density at radius 2 is 1.03 bits per heavy atom. The molecule has 0 spiro atoms. The van der Waals surface area contributed by atoms with E-state index >= 15 is 0 Å². The maximum Gasteiger partial charge on any atom is 0.139 e. The summed E-state index contributed by atoms with van der Waals surface area (Å²) in [5.41, 5.74) is 3.14. The fraction of sp³-hybridized carbons (Fsp3) is 0.538. The van der Waals surface area contributed by atoms with Crippen molar-refractivity contribution in [2.75, 3.05) is 0 Å². The molecule has 178 valence electrons. The topological polar surface area (TPSA) is 121 Å². The monoisotopic (exact) mass is 446 g/mol. The molecular weight excluding hydrogens is 408 g/mol. The molecule has 0 bridgehead atoms. The van der Waals surface area contributed by atoms with Crippen LogP contribution in [0.2, 0.25) is 0 Å². The summed E-state index contributed by atoms with van der Waals surface area (Å²) in [6.07, 6.45) is 4.63. The van der Waals surface area contributed by atoms with Gasteiger partial charge in [0, 0.05) is 10.8 Å². The third-order valence-corrected chi connectivity index (χ3v) is 5.94. The van der Waals surface area contributed by atoms with Gasteiger partial charge in [0.25, 0.3) is 0 Å². The summed E-state index contributed by atoms with van der Waals surface area (Å²) in [5.74, 6) is -1.01. The molecule has 0 heterocycles. The summed E-state index contributed by atoms with van der Waals surface area (Å²) in [7, 11) is 0. The molecule has 2 aliphatic carbocycles. The largest absolute Gasteiger partial charge is 0.510 e. The normalized spacial score (nSPS) is 31.1. The number of aliphatic hydroxyl groups is 6. The van der Waals surface area contributed by atoms with Crippen LogP contribution in [-0.4, -0.2) is 55.1 Å². The summed E-state index contributed by atoms with van der Waals surface area (Å²) in [6.45, 7) is 11.6. The minimum Gasteiger partial charge on any atom is -0.510 e. The fourth-order valence-corrected chi connectivity index (χ4v) is 5.06. The summed E-state index contributed by atoms with van der Waals surface area (Å²) in [6, 6.07) is 0. The van der Waals surface area contributed by atoms with Crippen LogP contribution in [0.15, 0.2) is 70.3 Å². The minimum atomic E-state index is -1.91. The molecule has 2 aliphatic rings. The summed E-state index contributed by atoms with van der Waals surface area (Å²) in [4.78, 5) is 0. The van der Waals surface area contributed by atoms with Gasteiger partial charge in [0.15, 0.2) is 0 Å². The van der Waals surface area contributed by atoms with Gasteiger partial charge >= 0.3 is 0 Å². The van der Waals surface area contributed by atoms with Crippen LogP contribution >= 0.6 is 0 Å². The summed E-state index contributed by atoms with van der Waals surface area (Å²) >= 11 is 0. The lowest BCUT2D eigenvalue weighted by Gasteiger charge is -2.31. The van der Waals surface area contributed by atoms with Gasteiger partial charge in [-0.1, -0.05) is 60.4 Å². The highest BCUT2D eigenvalue weighted by Crippen LogP contribution is 2.37. The lowest BCUT2D eigenvalue weighted by atomic mass is 9.77. The van der Waals surface area contributed by atoms with Gasteiger partial charge in [-0.2, -0.15) is 0 Å². The van der Waals surface area contributed by atoms with Crippen molar-refractivity contribution in [1.29, 1.82) is 0 Å². The third kappa shape index (κ3) is 6.45. The smallest absolute Gasteiger partial charge is 0.139 e. The zero-order chi connectivity index (χ0) is 24.4. The number of hydrogen-bond acceptors (Lipinski definition) is 6. The highest BCUT2D eigenvalue weighted by molar-refractivity contribution is 5.34. The highest BCUT2D eigenvalue weighted by Gasteiger charge is 2.36. The molecule has 0 aromatic rings. The molecule has 6 nitrogen and oxygen atoms in total. The predicted octanol–water partition coefficient (Wildman–Crippen LogP) is 3.92. The number of hydrogen-bond donors (Lipinski definition) is 6. The molecule has 0 fully saturated rings. The maximum absolute atomic E-state index is 10.4. The maximum atomic E-state index is 10.4. The van der Waals surface area contributed by atoms with Crippen molar-refractivity contribution < 1.29 is 30.6 Å². The number of rotatable bonds is 7. The molecule has 2 rings (SSSR count). The second-order valence-electron chi connectivity index (χ2n) is 10.1. The Kier molecular flexibility index (Phi) is 8.00. The van der Waals surface area contributed by atoms with E-state index in [4.69, 9.17) is 0 Å². The average molecular weight is 447 g/mol. The third-order valence-electron chi connectivity index (χ3n) is 5.94. The van der Waals surface area contributed by atoms with Gasteiger partial charge in [-0.15, -0.1) is 0 Å². The van der Waals surface area contributed by atoms with Gasteiger partial charge < -0.3 is 30.6 Å². The fourth-order valence-electron chi connectivity index (χ4n) is 5.06. The van der Waals surface area contributed by atoms with Crippen LogP contribution < -0.4 is 0 Å². The van der Waals surface area contributed by atoms with Crippen molar-refractivity contribution in [2.24, 2.45) is 10.8 Å². The highest BCUT2D eigenvalue weighted by atomic mass is 16.4. The molecule has 0 aromatic carbocycles. The predicted molar refractivity (Wildman–Crippen MR) is 126 cm³/mol. The molecule has 0 saturated heterocycles. The van der Waals surface area contributed by atoms with E-state index in [0.717, 1.165) is 22.3 Å². The van der Waals surface area contributed by atoms with E-state index in [-0.39, 0.29) is 0 Å². The van der Waals surface area contributed by atoms with Crippen molar-refractivity contribution >= 4 is 0 Å². The Hall–Kier alpha value is -2.12. The molecule has 6 heteroatoms.